The quantitative estimate of drug-likeness (QED) is 0.745. The third-order valence-corrected chi connectivity index (χ3v) is 3.98. The fourth-order valence-electron chi connectivity index (χ4n) is 2.66. The van der Waals surface area contributed by atoms with Gasteiger partial charge in [-0.2, -0.15) is 5.10 Å². The zero-order valence-electron chi connectivity index (χ0n) is 13.8. The summed E-state index contributed by atoms with van der Waals surface area (Å²) >= 11 is 0. The Bertz CT molecular complexity index is 948. The molecule has 0 saturated carbocycles. The molecule has 1 aromatic carbocycles. The number of carbonyl (C=O) groups excluding carboxylic acids is 1. The van der Waals surface area contributed by atoms with Crippen molar-refractivity contribution < 1.29 is 19.4 Å². The van der Waals surface area contributed by atoms with Gasteiger partial charge in [-0.3, -0.25) is 4.79 Å². The molecule has 0 unspecified atom stereocenters. The summed E-state index contributed by atoms with van der Waals surface area (Å²) in [5.74, 6) is -1.06. The molecule has 0 spiro atoms. The molecule has 7 nitrogen and oxygen atoms in total. The minimum absolute atomic E-state index is 0.0546. The molecule has 3 rings (SSSR count). The lowest BCUT2D eigenvalue weighted by molar-refractivity contribution is 0.0693. The summed E-state index contributed by atoms with van der Waals surface area (Å²) < 4.78 is 6.67. The topological polar surface area (TPSA) is 92.9 Å². The van der Waals surface area contributed by atoms with Crippen LogP contribution in [-0.4, -0.2) is 33.7 Å². The van der Waals surface area contributed by atoms with E-state index in [1.54, 1.807) is 54.2 Å². The maximum absolute atomic E-state index is 12.6. The second-order valence-electron chi connectivity index (χ2n) is 5.54. The first-order valence-electron chi connectivity index (χ1n) is 7.65. The number of methoxy groups -OCH3 is 1. The van der Waals surface area contributed by atoms with Crippen molar-refractivity contribution in [2.45, 2.75) is 13.0 Å². The first-order chi connectivity index (χ1) is 12.0. The molecule has 2 aromatic heterocycles. The van der Waals surface area contributed by atoms with E-state index in [9.17, 15) is 14.7 Å². The van der Waals surface area contributed by atoms with Crippen LogP contribution in [0.15, 0.2) is 48.8 Å². The smallest absolute Gasteiger partial charge is 0.339 e. The Morgan fingerprint density at radius 3 is 2.76 bits per heavy atom. The second-order valence-corrected chi connectivity index (χ2v) is 5.54. The minimum Gasteiger partial charge on any atom is -0.496 e. The summed E-state index contributed by atoms with van der Waals surface area (Å²) in [7, 11) is 1.42. The number of carboxylic acids is 1. The van der Waals surface area contributed by atoms with Gasteiger partial charge in [0.05, 0.1) is 30.4 Å². The fraction of sp³-hybridized carbons (Fsp3) is 0.167. The zero-order chi connectivity index (χ0) is 18.0. The van der Waals surface area contributed by atoms with E-state index in [-0.39, 0.29) is 23.3 Å². The maximum Gasteiger partial charge on any atom is 0.339 e. The molecule has 1 amide bonds. The molecule has 128 valence electrons. The van der Waals surface area contributed by atoms with Crippen molar-refractivity contribution in [3.8, 4) is 5.75 Å². The van der Waals surface area contributed by atoms with Gasteiger partial charge in [-0.05, 0) is 42.8 Å². The molecule has 0 aliphatic heterocycles. The minimum atomic E-state index is -1.08. The van der Waals surface area contributed by atoms with Gasteiger partial charge >= 0.3 is 5.97 Å². The molecule has 0 saturated heterocycles. The van der Waals surface area contributed by atoms with Crippen molar-refractivity contribution in [1.29, 1.82) is 0 Å². The van der Waals surface area contributed by atoms with Crippen molar-refractivity contribution in [2.24, 2.45) is 0 Å². The predicted molar refractivity (Wildman–Crippen MR) is 91.0 cm³/mol. The molecule has 0 radical (unpaired) electrons. The SMILES string of the molecule is COc1ccc([C@H](C)NC(=O)c2cccn3nccc23)cc1C(=O)O. The molecule has 25 heavy (non-hydrogen) atoms. The molecule has 1 atom stereocenters. The number of ether oxygens (including phenoxy) is 1. The van der Waals surface area contributed by atoms with Gasteiger partial charge in [-0.1, -0.05) is 6.07 Å². The molecule has 0 bridgehead atoms. The van der Waals surface area contributed by atoms with Crippen molar-refractivity contribution >= 4 is 17.4 Å². The van der Waals surface area contributed by atoms with E-state index in [2.05, 4.69) is 10.4 Å². The van der Waals surface area contributed by atoms with Crippen LogP contribution in [0.1, 0.15) is 39.2 Å². The van der Waals surface area contributed by atoms with Crippen molar-refractivity contribution in [3.05, 3.63) is 65.5 Å². The van der Waals surface area contributed by atoms with Crippen LogP contribution in [-0.2, 0) is 0 Å². The average Bonchev–Trinajstić information content (AvgIpc) is 3.09. The molecule has 3 aromatic rings. The number of nitrogens with zero attached hydrogens (tertiary/aromatic N) is 2. The highest BCUT2D eigenvalue weighted by atomic mass is 16.5. The number of fused-ring (bicyclic) bond motifs is 1. The van der Waals surface area contributed by atoms with Crippen LogP contribution >= 0.6 is 0 Å². The summed E-state index contributed by atoms with van der Waals surface area (Å²) in [6.45, 7) is 1.79. The Morgan fingerprint density at radius 1 is 1.24 bits per heavy atom. The highest BCUT2D eigenvalue weighted by molar-refractivity contribution is 6.00. The molecule has 2 heterocycles. The normalized spacial score (nSPS) is 11.9. The summed E-state index contributed by atoms with van der Waals surface area (Å²) in [5.41, 5.74) is 1.93. The van der Waals surface area contributed by atoms with E-state index in [4.69, 9.17) is 4.74 Å². The average molecular weight is 339 g/mol. The van der Waals surface area contributed by atoms with E-state index in [0.717, 1.165) is 0 Å². The number of hydrogen-bond acceptors (Lipinski definition) is 4. The number of benzene rings is 1. The fourth-order valence-corrected chi connectivity index (χ4v) is 2.66. The number of carbonyl (C=O) groups is 2. The molecular weight excluding hydrogens is 322 g/mol. The van der Waals surface area contributed by atoms with Gasteiger partial charge in [-0.25, -0.2) is 9.31 Å². The number of hydrogen-bond donors (Lipinski definition) is 2. The van der Waals surface area contributed by atoms with E-state index >= 15 is 0 Å². The third-order valence-electron chi connectivity index (χ3n) is 3.98. The van der Waals surface area contributed by atoms with Gasteiger partial charge in [0, 0.05) is 6.20 Å². The van der Waals surface area contributed by atoms with Crippen molar-refractivity contribution in [3.63, 3.8) is 0 Å². The first kappa shape index (κ1) is 16.5. The van der Waals surface area contributed by atoms with Gasteiger partial charge in [0.1, 0.15) is 11.3 Å². The number of aromatic nitrogens is 2. The van der Waals surface area contributed by atoms with E-state index in [0.29, 0.717) is 16.6 Å². The van der Waals surface area contributed by atoms with E-state index in [1.165, 1.54) is 13.2 Å². The van der Waals surface area contributed by atoms with E-state index < -0.39 is 5.97 Å². The van der Waals surface area contributed by atoms with Crippen molar-refractivity contribution in [1.82, 2.24) is 14.9 Å². The largest absolute Gasteiger partial charge is 0.496 e. The monoisotopic (exact) mass is 339 g/mol. The summed E-state index contributed by atoms with van der Waals surface area (Å²) in [6.07, 6.45) is 3.39. The van der Waals surface area contributed by atoms with E-state index in [1.807, 2.05) is 0 Å². The Morgan fingerprint density at radius 2 is 2.04 bits per heavy atom. The summed E-state index contributed by atoms with van der Waals surface area (Å²) in [6, 6.07) is 9.67. The number of carboxylic acid groups (broad SMARTS) is 1. The van der Waals surface area contributed by atoms with Gasteiger partial charge in [-0.15, -0.1) is 0 Å². The first-order valence-corrected chi connectivity index (χ1v) is 7.65. The molecule has 0 aliphatic carbocycles. The lowest BCUT2D eigenvalue weighted by Crippen LogP contribution is -2.27. The summed E-state index contributed by atoms with van der Waals surface area (Å²) in [4.78, 5) is 23.9. The van der Waals surface area contributed by atoms with Crippen LogP contribution in [0.25, 0.3) is 5.52 Å². The third kappa shape index (κ3) is 3.16. The lowest BCUT2D eigenvalue weighted by atomic mass is 10.0. The Labute approximate surface area is 143 Å². The highest BCUT2D eigenvalue weighted by Gasteiger charge is 2.17. The summed E-state index contributed by atoms with van der Waals surface area (Å²) in [5, 5.41) is 16.3. The number of rotatable bonds is 5. The molecule has 0 aliphatic rings. The lowest BCUT2D eigenvalue weighted by Gasteiger charge is -2.16. The second kappa shape index (κ2) is 6.64. The number of aromatic carboxylic acids is 1. The van der Waals surface area contributed by atoms with Crippen LogP contribution in [0.5, 0.6) is 5.75 Å². The molecular formula is C18H17N3O4. The van der Waals surface area contributed by atoms with Crippen LogP contribution in [0.4, 0.5) is 0 Å². The molecule has 0 fully saturated rings. The predicted octanol–water partition coefficient (Wildman–Crippen LogP) is 2.53. The number of nitrogens with one attached hydrogen (secondary N) is 1. The number of pyridine rings is 1. The zero-order valence-corrected chi connectivity index (χ0v) is 13.8. The van der Waals surface area contributed by atoms with Gasteiger partial charge in [0.15, 0.2) is 0 Å². The Balaban J connectivity index is 1.86. The van der Waals surface area contributed by atoms with Gasteiger partial charge in [0.2, 0.25) is 0 Å². The van der Waals surface area contributed by atoms with Gasteiger partial charge < -0.3 is 15.2 Å². The molecule has 7 heteroatoms. The maximum atomic E-state index is 12.6. The van der Waals surface area contributed by atoms with Gasteiger partial charge in [0.25, 0.3) is 5.91 Å². The van der Waals surface area contributed by atoms with Crippen LogP contribution < -0.4 is 10.1 Å². The van der Waals surface area contributed by atoms with Crippen molar-refractivity contribution in [2.75, 3.05) is 7.11 Å². The van der Waals surface area contributed by atoms with Crippen LogP contribution in [0, 0.1) is 0 Å². The number of amides is 1. The highest BCUT2D eigenvalue weighted by Crippen LogP contribution is 2.24. The Kier molecular flexibility index (Phi) is 4.38. The standard InChI is InChI=1S/C18H17N3O4/c1-11(12-5-6-16(25-2)14(10-12)18(23)24)20-17(22)13-4-3-9-21-15(13)7-8-19-21/h3-11H,1-2H3,(H,20,22)(H,23,24)/t11-/m0/s1. The van der Waals surface area contributed by atoms with Crippen LogP contribution in [0.3, 0.4) is 0 Å². The molecule has 2 N–H and O–H groups in total. The Hall–Kier alpha value is -3.35. The van der Waals surface area contributed by atoms with Crippen LogP contribution in [0.2, 0.25) is 0 Å².